The van der Waals surface area contributed by atoms with Crippen molar-refractivity contribution < 1.29 is 14.4 Å². The van der Waals surface area contributed by atoms with Gasteiger partial charge in [0.25, 0.3) is 0 Å². The summed E-state index contributed by atoms with van der Waals surface area (Å²) in [5.41, 5.74) is 0. The number of piperazine rings is 1. The van der Waals surface area contributed by atoms with Crippen LogP contribution in [0.15, 0.2) is 12.2 Å². The first kappa shape index (κ1) is 11.4. The van der Waals surface area contributed by atoms with E-state index in [4.69, 9.17) is 0 Å². The highest BCUT2D eigenvalue weighted by Crippen LogP contribution is 2.44. The van der Waals surface area contributed by atoms with Gasteiger partial charge in [-0.1, -0.05) is 12.2 Å². The third-order valence-electron chi connectivity index (χ3n) is 4.30. The van der Waals surface area contributed by atoms with E-state index < -0.39 is 6.04 Å². The van der Waals surface area contributed by atoms with Gasteiger partial charge in [-0.25, -0.2) is 0 Å². The first-order valence-corrected chi connectivity index (χ1v) is 6.38. The van der Waals surface area contributed by atoms with Gasteiger partial charge in [0, 0.05) is 5.92 Å². The summed E-state index contributed by atoms with van der Waals surface area (Å²) in [6.07, 6.45) is 6.18. The van der Waals surface area contributed by atoms with Crippen LogP contribution in [-0.4, -0.2) is 35.2 Å². The van der Waals surface area contributed by atoms with Gasteiger partial charge >= 0.3 is 0 Å². The number of rotatable bonds is 1. The first-order valence-electron chi connectivity index (χ1n) is 6.38. The van der Waals surface area contributed by atoms with Gasteiger partial charge in [-0.05, 0) is 31.6 Å². The molecule has 3 aliphatic rings. The summed E-state index contributed by atoms with van der Waals surface area (Å²) < 4.78 is 0. The fourth-order valence-corrected chi connectivity index (χ4v) is 3.26. The van der Waals surface area contributed by atoms with Crippen molar-refractivity contribution in [3.63, 3.8) is 0 Å². The number of carbonyl (C=O) groups is 3. The Hall–Kier alpha value is -1.65. The van der Waals surface area contributed by atoms with Gasteiger partial charge in [0.1, 0.15) is 12.6 Å². The van der Waals surface area contributed by atoms with E-state index in [9.17, 15) is 14.4 Å². The molecule has 1 N–H and O–H groups in total. The molecule has 1 saturated carbocycles. The molecule has 0 radical (unpaired) electrons. The predicted octanol–water partition coefficient (Wildman–Crippen LogP) is 0.0721. The van der Waals surface area contributed by atoms with Crippen LogP contribution < -0.4 is 5.32 Å². The van der Waals surface area contributed by atoms with Gasteiger partial charge in [0.2, 0.25) is 17.7 Å². The topological polar surface area (TPSA) is 66.5 Å². The van der Waals surface area contributed by atoms with Gasteiger partial charge in [0.05, 0.1) is 0 Å². The van der Waals surface area contributed by atoms with E-state index in [1.165, 1.54) is 4.90 Å². The van der Waals surface area contributed by atoms with Crippen LogP contribution in [0.2, 0.25) is 0 Å². The number of carbonyl (C=O) groups excluding carboxylic acids is 3. The molecule has 0 aromatic rings. The molecule has 1 saturated heterocycles. The molecule has 5 nitrogen and oxygen atoms in total. The monoisotopic (exact) mass is 248 g/mol. The summed E-state index contributed by atoms with van der Waals surface area (Å²) >= 11 is 0. The van der Waals surface area contributed by atoms with Crippen LogP contribution in [0.1, 0.15) is 19.8 Å². The molecule has 0 spiro atoms. The molecule has 1 aliphatic heterocycles. The van der Waals surface area contributed by atoms with Crippen molar-refractivity contribution in [2.75, 3.05) is 6.54 Å². The molecule has 0 aromatic heterocycles. The van der Waals surface area contributed by atoms with Crippen molar-refractivity contribution in [2.24, 2.45) is 17.8 Å². The molecule has 2 bridgehead atoms. The average molecular weight is 248 g/mol. The molecule has 5 heteroatoms. The number of amides is 3. The zero-order valence-electron chi connectivity index (χ0n) is 10.3. The molecule has 3 amide bonds. The Morgan fingerprint density at radius 3 is 2.72 bits per heavy atom. The third-order valence-corrected chi connectivity index (χ3v) is 4.30. The Kier molecular flexibility index (Phi) is 2.50. The maximum Gasteiger partial charge on any atom is 0.249 e. The second-order valence-electron chi connectivity index (χ2n) is 5.44. The zero-order chi connectivity index (χ0) is 12.9. The smallest absolute Gasteiger partial charge is 0.249 e. The standard InChI is InChI=1S/C13H16N2O3/c1-7-12(17)14-11(16)6-15(7)13(18)10-5-8-2-3-9(10)4-8/h2-3,7-10H,4-6H2,1H3,(H,14,16,17). The van der Waals surface area contributed by atoms with E-state index >= 15 is 0 Å². The SMILES string of the molecule is CC1C(=O)NC(=O)CN1C(=O)C1CC2C=CC1C2. The van der Waals surface area contributed by atoms with Gasteiger partial charge in [-0.2, -0.15) is 0 Å². The maximum absolute atomic E-state index is 12.5. The van der Waals surface area contributed by atoms with Crippen LogP contribution in [-0.2, 0) is 14.4 Å². The van der Waals surface area contributed by atoms with Gasteiger partial charge in [-0.15, -0.1) is 0 Å². The highest BCUT2D eigenvalue weighted by Gasteiger charge is 2.44. The highest BCUT2D eigenvalue weighted by molar-refractivity contribution is 6.04. The Balaban J connectivity index is 1.77. The summed E-state index contributed by atoms with van der Waals surface area (Å²) in [5, 5.41) is 2.25. The average Bonchev–Trinajstić information content (AvgIpc) is 2.94. The molecule has 96 valence electrons. The van der Waals surface area contributed by atoms with E-state index in [1.807, 2.05) is 0 Å². The summed E-state index contributed by atoms with van der Waals surface area (Å²) in [5.74, 6) is -0.0319. The molecule has 0 aromatic carbocycles. The Labute approximate surface area is 105 Å². The highest BCUT2D eigenvalue weighted by atomic mass is 16.2. The molecule has 1 heterocycles. The van der Waals surface area contributed by atoms with Crippen molar-refractivity contribution in [3.05, 3.63) is 12.2 Å². The third kappa shape index (κ3) is 1.65. The lowest BCUT2D eigenvalue weighted by Gasteiger charge is -2.34. The minimum Gasteiger partial charge on any atom is -0.321 e. The van der Waals surface area contributed by atoms with Gasteiger partial charge in [-0.3, -0.25) is 19.7 Å². The molecule has 3 rings (SSSR count). The number of hydrogen-bond acceptors (Lipinski definition) is 3. The summed E-state index contributed by atoms with van der Waals surface area (Å²) in [4.78, 5) is 36.8. The quantitative estimate of drug-likeness (QED) is 0.527. The van der Waals surface area contributed by atoms with Gasteiger partial charge in [0.15, 0.2) is 0 Å². The first-order chi connectivity index (χ1) is 8.56. The summed E-state index contributed by atoms with van der Waals surface area (Å²) in [6, 6.07) is -0.543. The van der Waals surface area contributed by atoms with Crippen molar-refractivity contribution in [1.29, 1.82) is 0 Å². The van der Waals surface area contributed by atoms with Crippen LogP contribution in [0, 0.1) is 17.8 Å². The Morgan fingerprint density at radius 2 is 2.11 bits per heavy atom. The molecule has 4 unspecified atom stereocenters. The molecule has 18 heavy (non-hydrogen) atoms. The molecule has 2 aliphatic carbocycles. The lowest BCUT2D eigenvalue weighted by atomic mass is 9.91. The Morgan fingerprint density at radius 1 is 1.33 bits per heavy atom. The van der Waals surface area contributed by atoms with Gasteiger partial charge < -0.3 is 4.90 Å². The fourth-order valence-electron chi connectivity index (χ4n) is 3.26. The van der Waals surface area contributed by atoms with Crippen molar-refractivity contribution in [1.82, 2.24) is 10.2 Å². The number of allylic oxidation sites excluding steroid dienone is 2. The molecular weight excluding hydrogens is 232 g/mol. The second-order valence-corrected chi connectivity index (χ2v) is 5.44. The number of nitrogens with zero attached hydrogens (tertiary/aromatic N) is 1. The van der Waals surface area contributed by atoms with Crippen molar-refractivity contribution >= 4 is 17.7 Å². The Bertz CT molecular complexity index is 457. The van der Waals surface area contributed by atoms with Crippen LogP contribution in [0.3, 0.4) is 0 Å². The summed E-state index contributed by atoms with van der Waals surface area (Å²) in [7, 11) is 0. The number of imide groups is 1. The largest absolute Gasteiger partial charge is 0.321 e. The van der Waals surface area contributed by atoms with Crippen LogP contribution in [0.4, 0.5) is 0 Å². The maximum atomic E-state index is 12.5. The van der Waals surface area contributed by atoms with E-state index in [0.29, 0.717) is 11.8 Å². The summed E-state index contributed by atoms with van der Waals surface area (Å²) in [6.45, 7) is 1.67. The normalized spacial score (nSPS) is 38.2. The van der Waals surface area contributed by atoms with Crippen LogP contribution in [0.25, 0.3) is 0 Å². The fraction of sp³-hybridized carbons (Fsp3) is 0.615. The molecule has 4 atom stereocenters. The number of hydrogen-bond donors (Lipinski definition) is 1. The van der Waals surface area contributed by atoms with E-state index in [1.54, 1.807) is 6.92 Å². The van der Waals surface area contributed by atoms with E-state index in [-0.39, 0.29) is 30.2 Å². The van der Waals surface area contributed by atoms with Crippen molar-refractivity contribution in [2.45, 2.75) is 25.8 Å². The number of fused-ring (bicyclic) bond motifs is 2. The molecular formula is C13H16N2O3. The minimum absolute atomic E-state index is 0.00331. The van der Waals surface area contributed by atoms with E-state index in [2.05, 4.69) is 17.5 Å². The van der Waals surface area contributed by atoms with Crippen LogP contribution >= 0.6 is 0 Å². The number of nitrogens with one attached hydrogen (secondary N) is 1. The van der Waals surface area contributed by atoms with Crippen LogP contribution in [0.5, 0.6) is 0 Å². The van der Waals surface area contributed by atoms with E-state index in [0.717, 1.165) is 12.8 Å². The lowest BCUT2D eigenvalue weighted by Crippen LogP contribution is -2.59. The van der Waals surface area contributed by atoms with Crippen molar-refractivity contribution in [3.8, 4) is 0 Å². The zero-order valence-corrected chi connectivity index (χ0v) is 10.3. The lowest BCUT2D eigenvalue weighted by molar-refractivity contribution is -0.152. The molecule has 2 fully saturated rings. The predicted molar refractivity (Wildman–Crippen MR) is 63.2 cm³/mol. The minimum atomic E-state index is -0.543. The second kappa shape index (κ2) is 3.93.